The predicted molar refractivity (Wildman–Crippen MR) is 83.6 cm³/mol. The molecule has 1 aromatic rings. The fourth-order valence-corrected chi connectivity index (χ4v) is 3.85. The molecule has 20 heavy (non-hydrogen) atoms. The van der Waals surface area contributed by atoms with Gasteiger partial charge in [0, 0.05) is 44.8 Å². The van der Waals surface area contributed by atoms with Gasteiger partial charge in [-0.15, -0.1) is 0 Å². The second kappa shape index (κ2) is 6.70. The molecule has 1 atom stereocenters. The van der Waals surface area contributed by atoms with Gasteiger partial charge in [0.25, 0.3) is 0 Å². The third-order valence-corrected chi connectivity index (χ3v) is 5.04. The zero-order valence-electron chi connectivity index (χ0n) is 12.4. The van der Waals surface area contributed by atoms with Gasteiger partial charge >= 0.3 is 0 Å². The summed E-state index contributed by atoms with van der Waals surface area (Å²) < 4.78 is 0. The number of hydrogen-bond donors (Lipinski definition) is 1. The highest BCUT2D eigenvalue weighted by Gasteiger charge is 2.28. The Morgan fingerprint density at radius 3 is 2.25 bits per heavy atom. The van der Waals surface area contributed by atoms with Crippen LogP contribution >= 0.6 is 0 Å². The third-order valence-electron chi connectivity index (χ3n) is 5.04. The van der Waals surface area contributed by atoms with Crippen molar-refractivity contribution in [1.29, 1.82) is 0 Å². The highest BCUT2D eigenvalue weighted by molar-refractivity contribution is 5.19. The Morgan fingerprint density at radius 1 is 1.00 bits per heavy atom. The van der Waals surface area contributed by atoms with Crippen LogP contribution in [0.2, 0.25) is 0 Å². The monoisotopic (exact) mass is 273 g/mol. The molecule has 110 valence electrons. The van der Waals surface area contributed by atoms with Crippen molar-refractivity contribution >= 4 is 0 Å². The fraction of sp³-hybridized carbons (Fsp3) is 0.647. The highest BCUT2D eigenvalue weighted by atomic mass is 15.3. The van der Waals surface area contributed by atoms with Crippen LogP contribution in [0.1, 0.15) is 37.3 Å². The zero-order valence-corrected chi connectivity index (χ0v) is 12.4. The van der Waals surface area contributed by atoms with Gasteiger partial charge in [-0.1, -0.05) is 43.2 Å². The smallest absolute Gasteiger partial charge is 0.0471 e. The van der Waals surface area contributed by atoms with Crippen molar-refractivity contribution in [2.75, 3.05) is 32.7 Å². The van der Waals surface area contributed by atoms with Gasteiger partial charge in [0.1, 0.15) is 0 Å². The Bertz CT molecular complexity index is 392. The van der Waals surface area contributed by atoms with Gasteiger partial charge in [0.15, 0.2) is 0 Å². The van der Waals surface area contributed by atoms with Gasteiger partial charge in [0.05, 0.1) is 0 Å². The average Bonchev–Trinajstić information content (AvgIpc) is 3.04. The molecular formula is C17H27N3. The number of nitrogens with two attached hydrogens (primary N) is 1. The van der Waals surface area contributed by atoms with Crippen molar-refractivity contribution in [1.82, 2.24) is 9.80 Å². The van der Waals surface area contributed by atoms with Crippen molar-refractivity contribution in [3.05, 3.63) is 35.9 Å². The molecule has 2 fully saturated rings. The molecule has 1 saturated heterocycles. The van der Waals surface area contributed by atoms with E-state index in [0.29, 0.717) is 12.6 Å². The molecule has 0 amide bonds. The summed E-state index contributed by atoms with van der Waals surface area (Å²) in [5.41, 5.74) is 7.40. The maximum absolute atomic E-state index is 6.04. The van der Waals surface area contributed by atoms with Crippen LogP contribution in [0.3, 0.4) is 0 Å². The lowest BCUT2D eigenvalue weighted by atomic mass is 10.0. The molecule has 1 aliphatic carbocycles. The Balaban J connectivity index is 1.59. The largest absolute Gasteiger partial charge is 0.329 e. The minimum atomic E-state index is 0.391. The van der Waals surface area contributed by atoms with E-state index in [-0.39, 0.29) is 0 Å². The number of piperazine rings is 1. The minimum absolute atomic E-state index is 0.391. The maximum Gasteiger partial charge on any atom is 0.0471 e. The first-order chi connectivity index (χ1) is 9.88. The second-order valence-corrected chi connectivity index (χ2v) is 6.17. The van der Waals surface area contributed by atoms with Crippen LogP contribution in [0.5, 0.6) is 0 Å². The van der Waals surface area contributed by atoms with Crippen molar-refractivity contribution in [2.45, 2.75) is 37.8 Å². The topological polar surface area (TPSA) is 32.5 Å². The van der Waals surface area contributed by atoms with E-state index in [1.807, 2.05) is 0 Å². The molecule has 1 saturated carbocycles. The highest BCUT2D eigenvalue weighted by Crippen LogP contribution is 2.26. The van der Waals surface area contributed by atoms with Crippen LogP contribution in [0.15, 0.2) is 30.3 Å². The molecule has 1 aromatic carbocycles. The number of benzene rings is 1. The summed E-state index contributed by atoms with van der Waals surface area (Å²) in [6.45, 7) is 5.47. The molecule has 3 heteroatoms. The summed E-state index contributed by atoms with van der Waals surface area (Å²) in [4.78, 5) is 5.28. The van der Waals surface area contributed by atoms with Crippen LogP contribution in [0.4, 0.5) is 0 Å². The van der Waals surface area contributed by atoms with Crippen LogP contribution in [-0.2, 0) is 0 Å². The SMILES string of the molecule is NCC(c1ccccc1)N1CCN(C2CCCC2)CC1. The molecule has 1 aliphatic heterocycles. The molecule has 0 aromatic heterocycles. The van der Waals surface area contributed by atoms with Crippen molar-refractivity contribution in [3.63, 3.8) is 0 Å². The number of rotatable bonds is 4. The summed E-state index contributed by atoms with van der Waals surface area (Å²) in [6.07, 6.45) is 5.69. The van der Waals surface area contributed by atoms with E-state index < -0.39 is 0 Å². The predicted octanol–water partition coefficient (Wildman–Crippen LogP) is 2.25. The molecule has 3 nitrogen and oxygen atoms in total. The van der Waals surface area contributed by atoms with Crippen LogP contribution in [0.25, 0.3) is 0 Å². The maximum atomic E-state index is 6.04. The zero-order chi connectivity index (χ0) is 13.8. The molecular weight excluding hydrogens is 246 g/mol. The quantitative estimate of drug-likeness (QED) is 0.913. The summed E-state index contributed by atoms with van der Waals surface area (Å²) in [6, 6.07) is 12.0. The number of nitrogens with zero attached hydrogens (tertiary/aromatic N) is 2. The molecule has 0 radical (unpaired) electrons. The van der Waals surface area contributed by atoms with Gasteiger partial charge in [-0.05, 0) is 18.4 Å². The Hall–Kier alpha value is -0.900. The summed E-state index contributed by atoms with van der Waals surface area (Å²) >= 11 is 0. The van der Waals surface area contributed by atoms with Gasteiger partial charge < -0.3 is 5.73 Å². The number of hydrogen-bond acceptors (Lipinski definition) is 3. The van der Waals surface area contributed by atoms with E-state index in [0.717, 1.165) is 19.1 Å². The lowest BCUT2D eigenvalue weighted by molar-refractivity contribution is 0.0722. The van der Waals surface area contributed by atoms with Crippen LogP contribution in [-0.4, -0.2) is 48.6 Å². The Kier molecular flexibility index (Phi) is 4.71. The summed E-state index contributed by atoms with van der Waals surface area (Å²) in [7, 11) is 0. The van der Waals surface area contributed by atoms with Crippen molar-refractivity contribution < 1.29 is 0 Å². The molecule has 0 spiro atoms. The lowest BCUT2D eigenvalue weighted by Gasteiger charge is -2.41. The molecule has 1 unspecified atom stereocenters. The second-order valence-electron chi connectivity index (χ2n) is 6.17. The minimum Gasteiger partial charge on any atom is -0.329 e. The van der Waals surface area contributed by atoms with E-state index in [1.165, 1.54) is 44.3 Å². The molecule has 2 N–H and O–H groups in total. The van der Waals surface area contributed by atoms with E-state index in [1.54, 1.807) is 0 Å². The first kappa shape index (κ1) is 14.1. The lowest BCUT2D eigenvalue weighted by Crippen LogP contribution is -2.51. The molecule has 1 heterocycles. The van der Waals surface area contributed by atoms with Crippen molar-refractivity contribution in [2.24, 2.45) is 5.73 Å². The standard InChI is InChI=1S/C17H27N3/c18-14-17(15-6-2-1-3-7-15)20-12-10-19(11-13-20)16-8-4-5-9-16/h1-3,6-7,16-17H,4-5,8-14,18H2. The Morgan fingerprint density at radius 2 is 1.65 bits per heavy atom. The van der Waals surface area contributed by atoms with Crippen LogP contribution in [0, 0.1) is 0 Å². The summed E-state index contributed by atoms with van der Waals surface area (Å²) in [5.74, 6) is 0. The van der Waals surface area contributed by atoms with E-state index in [9.17, 15) is 0 Å². The van der Waals surface area contributed by atoms with E-state index >= 15 is 0 Å². The average molecular weight is 273 g/mol. The van der Waals surface area contributed by atoms with Gasteiger partial charge in [-0.2, -0.15) is 0 Å². The van der Waals surface area contributed by atoms with Gasteiger partial charge in [0.2, 0.25) is 0 Å². The first-order valence-corrected chi connectivity index (χ1v) is 8.11. The van der Waals surface area contributed by atoms with Crippen LogP contribution < -0.4 is 5.73 Å². The van der Waals surface area contributed by atoms with Gasteiger partial charge in [-0.25, -0.2) is 0 Å². The fourth-order valence-electron chi connectivity index (χ4n) is 3.85. The van der Waals surface area contributed by atoms with Crippen molar-refractivity contribution in [3.8, 4) is 0 Å². The Labute approximate surface area is 122 Å². The molecule has 0 bridgehead atoms. The van der Waals surface area contributed by atoms with E-state index in [4.69, 9.17) is 5.73 Å². The third kappa shape index (κ3) is 3.05. The first-order valence-electron chi connectivity index (χ1n) is 8.11. The van der Waals surface area contributed by atoms with E-state index in [2.05, 4.69) is 40.1 Å². The van der Waals surface area contributed by atoms with Gasteiger partial charge in [-0.3, -0.25) is 9.80 Å². The summed E-state index contributed by atoms with van der Waals surface area (Å²) in [5, 5.41) is 0. The molecule has 3 rings (SSSR count). The normalized spacial score (nSPS) is 24.1. The molecule has 2 aliphatic rings.